The molecule has 0 radical (unpaired) electrons. The van der Waals surface area contributed by atoms with Crippen molar-refractivity contribution in [3.05, 3.63) is 272 Å². The molecular formula is C76H44N6S2. The number of aromatic nitrogens is 5. The predicted octanol–water partition coefficient (Wildman–Crippen LogP) is 20.7. The van der Waals surface area contributed by atoms with E-state index < -0.39 is 119 Å². The van der Waals surface area contributed by atoms with Gasteiger partial charge in [0.1, 0.15) is 6.07 Å². The second kappa shape index (κ2) is 19.2. The summed E-state index contributed by atoms with van der Waals surface area (Å²) in [5.41, 5.74) is 3.93. The SMILES string of the molecule is [2H]c1c([2H])c([2H])c(-c2nc(-c3cc(C#N)c(-n4c5ccc(-c6ccccc6)cc5c5c6sc7ccccc7c6ccc54)c(-c4c([2H])c([2H])c([2H])c([2H])c4[2H])c3-n3c4ccc(-c5ccccc5)cc4c4c5sc6ccccc6c5ccc43)nc(-c3c([2H])c([2H])c([2H])c([2H])c3[2H])n2)c([2H])c1[2H]. The molecule has 12 aromatic carbocycles. The molecule has 8 heteroatoms. The van der Waals surface area contributed by atoms with Crippen molar-refractivity contribution in [2.45, 2.75) is 0 Å². The fraction of sp³-hybridized carbons (Fsp3) is 0. The van der Waals surface area contributed by atoms with Gasteiger partial charge in [-0.05, 0) is 82.4 Å². The minimum atomic E-state index is -0.764. The van der Waals surface area contributed by atoms with Gasteiger partial charge in [0.15, 0.2) is 17.5 Å². The monoisotopic (exact) mass is 1120 g/mol. The Balaban J connectivity index is 1.14. The summed E-state index contributed by atoms with van der Waals surface area (Å²) >= 11 is 3.16. The van der Waals surface area contributed by atoms with Crippen molar-refractivity contribution in [2.24, 2.45) is 0 Å². The lowest BCUT2D eigenvalue weighted by atomic mass is 9.93. The highest BCUT2D eigenvalue weighted by atomic mass is 32.1. The van der Waals surface area contributed by atoms with E-state index >= 15 is 0 Å². The Morgan fingerprint density at radius 1 is 0.357 bits per heavy atom. The Morgan fingerprint density at radius 3 is 1.27 bits per heavy atom. The molecule has 0 aliphatic heterocycles. The summed E-state index contributed by atoms with van der Waals surface area (Å²) in [7, 11) is 0. The lowest BCUT2D eigenvalue weighted by Gasteiger charge is -2.24. The molecule has 17 rings (SSSR count). The molecule has 0 bridgehead atoms. The first-order valence-corrected chi connectivity index (χ1v) is 28.5. The predicted molar refractivity (Wildman–Crippen MR) is 352 cm³/mol. The Morgan fingerprint density at radius 2 is 0.786 bits per heavy atom. The van der Waals surface area contributed by atoms with Crippen molar-refractivity contribution in [1.82, 2.24) is 24.1 Å². The summed E-state index contributed by atoms with van der Waals surface area (Å²) in [6.07, 6.45) is 0. The third-order valence-electron chi connectivity index (χ3n) is 15.7. The molecule has 390 valence electrons. The minimum absolute atomic E-state index is 0.0134. The van der Waals surface area contributed by atoms with Gasteiger partial charge >= 0.3 is 0 Å². The minimum Gasteiger partial charge on any atom is -0.308 e. The molecule has 0 unspecified atom stereocenters. The van der Waals surface area contributed by atoms with Gasteiger partial charge in [-0.25, -0.2) is 15.0 Å². The van der Waals surface area contributed by atoms with Crippen LogP contribution in [0, 0.1) is 11.3 Å². The van der Waals surface area contributed by atoms with Crippen LogP contribution in [0.1, 0.15) is 26.1 Å². The molecule has 0 saturated carbocycles. The first-order chi connectivity index (χ1) is 47.8. The molecule has 0 atom stereocenters. The Labute approximate surface area is 511 Å². The van der Waals surface area contributed by atoms with Gasteiger partial charge in [-0.1, -0.05) is 212 Å². The van der Waals surface area contributed by atoms with E-state index in [1.165, 1.54) is 6.07 Å². The van der Waals surface area contributed by atoms with Crippen molar-refractivity contribution in [2.75, 3.05) is 0 Å². The normalized spacial score (nSPS) is 14.3. The molecule has 0 aliphatic carbocycles. The number of hydrogen-bond donors (Lipinski definition) is 0. The fourth-order valence-corrected chi connectivity index (χ4v) is 14.6. The van der Waals surface area contributed by atoms with Gasteiger partial charge < -0.3 is 9.13 Å². The molecule has 5 heterocycles. The number of nitrogens with zero attached hydrogens (tertiary/aromatic N) is 6. The maximum absolute atomic E-state index is 12.4. The summed E-state index contributed by atoms with van der Waals surface area (Å²) in [5.74, 6) is -1.63. The smallest absolute Gasteiger partial charge is 0.166 e. The van der Waals surface area contributed by atoms with Gasteiger partial charge in [-0.3, -0.25) is 0 Å². The zero-order valence-electron chi connectivity index (χ0n) is 58.7. The second-order valence-electron chi connectivity index (χ2n) is 20.2. The standard InChI is InChI=1S/C76H44N6S2/c77-45-53-44-60(76-79-74(49-26-12-4-13-27-49)78-75(80-76)50-28-14-5-15-29-50)71(82-62-39-35-52(47-22-8-2-9-23-47)43-59(62)69-64(82)41-37-57-55-31-17-19-33-66(55)84-73(57)69)67(48-24-10-3-11-25-48)70(53)81-61-38-34-51(46-20-6-1-7-21-46)42-58(61)68-63(81)40-36-56-54-30-16-18-32-65(54)83-72(56)68/h1-44H/i3D,4D,5D,10D,11D,12D,13D,14D,15D,24D,25D,26D,27D,28D,29D. The van der Waals surface area contributed by atoms with Crippen LogP contribution in [0.2, 0.25) is 0 Å². The third-order valence-corrected chi connectivity index (χ3v) is 18.1. The van der Waals surface area contributed by atoms with Crippen LogP contribution in [-0.4, -0.2) is 24.1 Å². The van der Waals surface area contributed by atoms with Crippen molar-refractivity contribution in [3.8, 4) is 85.0 Å². The number of benzene rings is 12. The molecule has 0 spiro atoms. The van der Waals surface area contributed by atoms with E-state index in [4.69, 9.17) is 19.6 Å². The van der Waals surface area contributed by atoms with E-state index in [0.29, 0.717) is 27.5 Å². The number of thiophene rings is 2. The zero-order chi connectivity index (χ0) is 68.5. The van der Waals surface area contributed by atoms with Crippen molar-refractivity contribution < 1.29 is 20.6 Å². The van der Waals surface area contributed by atoms with Crippen molar-refractivity contribution in [3.63, 3.8) is 0 Å². The van der Waals surface area contributed by atoms with Gasteiger partial charge in [0.05, 0.1) is 59.6 Å². The highest BCUT2D eigenvalue weighted by Gasteiger charge is 2.31. The van der Waals surface area contributed by atoms with Crippen molar-refractivity contribution >= 4 is 107 Å². The molecule has 17 aromatic rings. The molecule has 0 aliphatic rings. The second-order valence-corrected chi connectivity index (χ2v) is 22.3. The number of nitriles is 1. The molecule has 0 amide bonds. The van der Waals surface area contributed by atoms with Gasteiger partial charge in [0.2, 0.25) is 0 Å². The van der Waals surface area contributed by atoms with E-state index in [2.05, 4.69) is 41.4 Å². The maximum Gasteiger partial charge on any atom is 0.166 e. The quantitative estimate of drug-likeness (QED) is 0.152. The van der Waals surface area contributed by atoms with Gasteiger partial charge in [0, 0.05) is 84.1 Å². The zero-order valence-corrected chi connectivity index (χ0v) is 45.4. The highest BCUT2D eigenvalue weighted by molar-refractivity contribution is 7.27. The Kier molecular flexibility index (Phi) is 8.01. The molecule has 0 fully saturated rings. The molecule has 5 aromatic heterocycles. The van der Waals surface area contributed by atoms with Crippen LogP contribution in [-0.2, 0) is 0 Å². The summed E-state index contributed by atoms with van der Waals surface area (Å²) in [4.78, 5) is 14.8. The van der Waals surface area contributed by atoms with Crippen LogP contribution in [0.3, 0.4) is 0 Å². The van der Waals surface area contributed by atoms with Gasteiger partial charge in [-0.15, -0.1) is 22.7 Å². The Hall–Kier alpha value is -10.8. The lowest BCUT2D eigenvalue weighted by Crippen LogP contribution is -2.10. The number of fused-ring (bicyclic) bond motifs is 14. The molecule has 0 saturated heterocycles. The van der Waals surface area contributed by atoms with Crippen molar-refractivity contribution in [1.29, 1.82) is 5.26 Å². The van der Waals surface area contributed by atoms with Crippen LogP contribution in [0.5, 0.6) is 0 Å². The van der Waals surface area contributed by atoms with Gasteiger partial charge in [0.25, 0.3) is 0 Å². The van der Waals surface area contributed by atoms with Crippen LogP contribution >= 0.6 is 22.7 Å². The summed E-state index contributed by atoms with van der Waals surface area (Å²) in [5, 5.41) is 19.3. The Bertz CT molecular complexity index is 6340. The lowest BCUT2D eigenvalue weighted by molar-refractivity contribution is 1.06. The number of rotatable bonds is 8. The largest absolute Gasteiger partial charge is 0.308 e. The van der Waals surface area contributed by atoms with E-state index in [0.717, 1.165) is 78.8 Å². The number of hydrogen-bond acceptors (Lipinski definition) is 6. The van der Waals surface area contributed by atoms with Crippen LogP contribution in [0.25, 0.3) is 163 Å². The first-order valence-electron chi connectivity index (χ1n) is 34.3. The molecule has 0 N–H and O–H groups in total. The highest BCUT2D eigenvalue weighted by Crippen LogP contribution is 2.52. The summed E-state index contributed by atoms with van der Waals surface area (Å²) in [6.45, 7) is 0. The summed E-state index contributed by atoms with van der Waals surface area (Å²) < 4.78 is 147. The topological polar surface area (TPSA) is 72.3 Å². The molecule has 6 nitrogen and oxygen atoms in total. The van der Waals surface area contributed by atoms with Gasteiger partial charge in [-0.2, -0.15) is 5.26 Å². The van der Waals surface area contributed by atoms with E-state index in [-0.39, 0.29) is 33.6 Å². The van der Waals surface area contributed by atoms with E-state index in [1.54, 1.807) is 22.7 Å². The third kappa shape index (κ3) is 7.43. The van der Waals surface area contributed by atoms with Crippen LogP contribution in [0.4, 0.5) is 0 Å². The van der Waals surface area contributed by atoms with Crippen LogP contribution < -0.4 is 0 Å². The van der Waals surface area contributed by atoms with E-state index in [9.17, 15) is 16.2 Å². The van der Waals surface area contributed by atoms with Crippen LogP contribution in [0.15, 0.2) is 267 Å². The average Bonchev–Trinajstić information content (AvgIpc) is 1.59. The summed E-state index contributed by atoms with van der Waals surface area (Å²) in [6, 6.07) is 48.7. The fourth-order valence-electron chi connectivity index (χ4n) is 12.1. The first kappa shape index (κ1) is 35.1. The average molecular weight is 1120 g/mol. The molecular weight excluding hydrogens is 1060 g/mol. The molecule has 84 heavy (non-hydrogen) atoms. The maximum atomic E-state index is 12.4. The van der Waals surface area contributed by atoms with E-state index in [1.807, 2.05) is 149 Å².